The minimum Gasteiger partial charge on any atom is -0.213 e. The molecule has 0 saturated carbocycles. The molecular formula is C3H12N2S3. The van der Waals surface area contributed by atoms with E-state index in [-0.39, 0.29) is 0 Å². The quantitative estimate of drug-likeness (QED) is 0.440. The molecule has 0 heterocycles. The van der Waals surface area contributed by atoms with Gasteiger partial charge in [0, 0.05) is 12.1 Å². The van der Waals surface area contributed by atoms with Crippen LogP contribution in [-0.4, -0.2) is 18.8 Å². The fourth-order valence-corrected chi connectivity index (χ4v) is 1.63. The molecule has 0 rings (SSSR count). The van der Waals surface area contributed by atoms with Crippen LogP contribution in [0.2, 0.25) is 0 Å². The van der Waals surface area contributed by atoms with Crippen molar-refractivity contribution < 1.29 is 0 Å². The van der Waals surface area contributed by atoms with E-state index in [0.717, 1.165) is 0 Å². The molecule has 5 heteroatoms. The van der Waals surface area contributed by atoms with Crippen LogP contribution in [0.25, 0.3) is 0 Å². The molecule has 0 saturated heterocycles. The number of hydrogen-bond donors (Lipinski definition) is 3. The van der Waals surface area contributed by atoms with Crippen LogP contribution in [0.1, 0.15) is 0 Å². The zero-order valence-corrected chi connectivity index (χ0v) is 7.79. The smallest absolute Gasteiger partial charge is 0.0233 e. The van der Waals surface area contributed by atoms with Gasteiger partial charge in [-0.25, -0.2) is 4.13 Å². The Labute approximate surface area is 62.4 Å². The third kappa shape index (κ3) is 6.97. The normalized spacial score (nSPS) is 14.0. The van der Waals surface area contributed by atoms with E-state index in [1.165, 1.54) is 12.1 Å². The first-order chi connectivity index (χ1) is 3.56. The highest BCUT2D eigenvalue weighted by molar-refractivity contribution is 8.36. The predicted octanol–water partition coefficient (Wildman–Crippen LogP) is 1.18. The Hall–Kier alpha value is 0.970. The second-order valence-electron chi connectivity index (χ2n) is 2.11. The highest BCUT2D eigenvalue weighted by Crippen LogP contribution is 2.30. The van der Waals surface area contributed by atoms with E-state index in [1.807, 2.05) is 0 Å². The van der Waals surface area contributed by atoms with Crippen LogP contribution in [0, 0.1) is 0 Å². The van der Waals surface area contributed by atoms with E-state index < -0.39 is 10.2 Å². The maximum atomic E-state index is 3.80. The summed E-state index contributed by atoms with van der Waals surface area (Å²) in [6.07, 6.45) is 6.52. The van der Waals surface area contributed by atoms with Crippen LogP contribution in [0.15, 0.2) is 0 Å². The van der Waals surface area contributed by atoms with Gasteiger partial charge < -0.3 is 0 Å². The van der Waals surface area contributed by atoms with Crippen LogP contribution >= 0.6 is 35.2 Å². The Morgan fingerprint density at radius 1 is 1.38 bits per heavy atom. The third-order valence-electron chi connectivity index (χ3n) is 0.337. The summed E-state index contributed by atoms with van der Waals surface area (Å²) in [6.45, 7) is 0. The molecule has 0 aromatic carbocycles. The largest absolute Gasteiger partial charge is 0.213 e. The minimum atomic E-state index is -0.585. The molecule has 0 aliphatic carbocycles. The molecule has 0 unspecified atom stereocenters. The molecule has 0 radical (unpaired) electrons. The number of thiol groups is 1. The topological polar surface area (TPSA) is 24.1 Å². The van der Waals surface area contributed by atoms with Gasteiger partial charge in [-0.3, -0.25) is 0 Å². The van der Waals surface area contributed by atoms with Gasteiger partial charge in [0.25, 0.3) is 0 Å². The van der Waals surface area contributed by atoms with E-state index in [9.17, 15) is 0 Å². The van der Waals surface area contributed by atoms with Crippen molar-refractivity contribution in [2.75, 3.05) is 18.8 Å². The van der Waals surface area contributed by atoms with Gasteiger partial charge >= 0.3 is 0 Å². The first-order valence-electron chi connectivity index (χ1n) is 2.06. The third-order valence-corrected chi connectivity index (χ3v) is 3.04. The first-order valence-corrected chi connectivity index (χ1v) is 6.18. The van der Waals surface area contributed by atoms with Crippen LogP contribution < -0.4 is 8.25 Å². The SMILES string of the molecule is CS(C)(C)NSNS. The second-order valence-corrected chi connectivity index (χ2v) is 7.39. The summed E-state index contributed by atoms with van der Waals surface area (Å²) < 4.78 is 5.83. The Balaban J connectivity index is 3.11. The fraction of sp³-hybridized carbons (Fsp3) is 1.00. The van der Waals surface area contributed by atoms with E-state index in [0.29, 0.717) is 0 Å². The molecule has 0 aromatic rings. The summed E-state index contributed by atoms with van der Waals surface area (Å²) in [5.41, 5.74) is 0. The van der Waals surface area contributed by atoms with Crippen molar-refractivity contribution >= 4 is 35.2 Å². The zero-order chi connectivity index (χ0) is 6.62. The van der Waals surface area contributed by atoms with Gasteiger partial charge in [0.05, 0.1) is 0 Å². The Morgan fingerprint density at radius 2 is 1.88 bits per heavy atom. The lowest BCUT2D eigenvalue weighted by Crippen LogP contribution is -2.11. The lowest BCUT2D eigenvalue weighted by Gasteiger charge is -2.24. The summed E-state index contributed by atoms with van der Waals surface area (Å²) in [6, 6.07) is 0. The fourth-order valence-electron chi connectivity index (χ4n) is 0.144. The predicted molar refractivity (Wildman–Crippen MR) is 48.2 cm³/mol. The van der Waals surface area contributed by atoms with Gasteiger partial charge in [-0.2, -0.15) is 14.3 Å². The van der Waals surface area contributed by atoms with E-state index >= 15 is 0 Å². The zero-order valence-electron chi connectivity index (χ0n) is 5.26. The van der Waals surface area contributed by atoms with Gasteiger partial charge in [-0.15, -0.1) is 0 Å². The van der Waals surface area contributed by atoms with Gasteiger partial charge in [-0.1, -0.05) is 12.8 Å². The van der Waals surface area contributed by atoms with Crippen LogP contribution in [-0.2, 0) is 0 Å². The average Bonchev–Trinajstić information content (AvgIpc) is 1.59. The second kappa shape index (κ2) is 3.90. The van der Waals surface area contributed by atoms with Crippen molar-refractivity contribution in [3.63, 3.8) is 0 Å². The van der Waals surface area contributed by atoms with Crippen molar-refractivity contribution in [2.24, 2.45) is 0 Å². The molecule has 0 aliphatic rings. The molecule has 0 amide bonds. The molecule has 0 fully saturated rings. The minimum absolute atomic E-state index is 0.585. The summed E-state index contributed by atoms with van der Waals surface area (Å²) in [5.74, 6) is 0. The standard InChI is InChI=1S/C3H12N2S3/c1-8(2,3)5-7-4-6/h4-6H,1-3H3. The average molecular weight is 172 g/mol. The van der Waals surface area contributed by atoms with E-state index in [2.05, 4.69) is 39.8 Å². The molecule has 8 heavy (non-hydrogen) atoms. The highest BCUT2D eigenvalue weighted by atomic mass is 32.3. The lowest BCUT2D eigenvalue weighted by molar-refractivity contribution is 1.60. The molecule has 2 N–H and O–H groups in total. The Kier molecular flexibility index (Phi) is 4.37. The summed E-state index contributed by atoms with van der Waals surface area (Å²) in [7, 11) is -0.585. The first kappa shape index (κ1) is 8.97. The summed E-state index contributed by atoms with van der Waals surface area (Å²) in [5, 5.41) is 0. The number of rotatable bonds is 3. The van der Waals surface area contributed by atoms with Gasteiger partial charge in [0.15, 0.2) is 0 Å². The van der Waals surface area contributed by atoms with Crippen LogP contribution in [0.3, 0.4) is 0 Å². The molecule has 52 valence electrons. The monoisotopic (exact) mass is 172 g/mol. The molecule has 2 nitrogen and oxygen atoms in total. The van der Waals surface area contributed by atoms with Crippen molar-refractivity contribution in [2.45, 2.75) is 0 Å². The molecule has 0 atom stereocenters. The maximum Gasteiger partial charge on any atom is 0.0233 e. The molecule has 0 aromatic heterocycles. The highest BCUT2D eigenvalue weighted by Gasteiger charge is 1.99. The number of hydrogen-bond acceptors (Lipinski definition) is 4. The molecule has 0 spiro atoms. The van der Waals surface area contributed by atoms with Crippen molar-refractivity contribution in [3.05, 3.63) is 0 Å². The van der Waals surface area contributed by atoms with E-state index in [4.69, 9.17) is 0 Å². The molecule has 0 aliphatic heterocycles. The Bertz CT molecular complexity index is 60.0. The van der Waals surface area contributed by atoms with Crippen molar-refractivity contribution in [3.8, 4) is 0 Å². The van der Waals surface area contributed by atoms with Crippen molar-refractivity contribution in [1.82, 2.24) is 8.25 Å². The maximum absolute atomic E-state index is 3.80. The van der Waals surface area contributed by atoms with Crippen LogP contribution in [0.4, 0.5) is 0 Å². The summed E-state index contributed by atoms with van der Waals surface area (Å²) in [4.78, 5) is 0. The van der Waals surface area contributed by atoms with Crippen LogP contribution in [0.5, 0.6) is 0 Å². The molecular weight excluding hydrogens is 160 g/mol. The van der Waals surface area contributed by atoms with E-state index in [1.54, 1.807) is 0 Å². The van der Waals surface area contributed by atoms with Crippen molar-refractivity contribution in [1.29, 1.82) is 0 Å². The number of nitrogens with one attached hydrogen (secondary N) is 2. The summed E-state index contributed by atoms with van der Waals surface area (Å²) >= 11 is 5.21. The Morgan fingerprint density at radius 3 is 2.00 bits per heavy atom. The lowest BCUT2D eigenvalue weighted by atomic mass is 11.9. The van der Waals surface area contributed by atoms with Gasteiger partial charge in [0.2, 0.25) is 0 Å². The van der Waals surface area contributed by atoms with Gasteiger partial charge in [-0.05, 0) is 18.8 Å². The molecule has 0 bridgehead atoms. The van der Waals surface area contributed by atoms with Gasteiger partial charge in [0.1, 0.15) is 0 Å².